The Morgan fingerprint density at radius 3 is 2.36 bits per heavy atom. The lowest BCUT2D eigenvalue weighted by molar-refractivity contribution is 0.319. The predicted molar refractivity (Wildman–Crippen MR) is 97.7 cm³/mol. The Hall–Kier alpha value is -2.58. The van der Waals surface area contributed by atoms with Crippen LogP contribution in [0, 0.1) is 0 Å². The Kier molecular flexibility index (Phi) is 6.00. The van der Waals surface area contributed by atoms with Crippen molar-refractivity contribution in [1.29, 1.82) is 0 Å². The SMILES string of the molecule is COc1ccc(C(=NO)c2cccc(NS(=O)(=O)NC(C)C)c2)cc1. The number of methoxy groups -OCH3 is 1. The lowest BCUT2D eigenvalue weighted by Crippen LogP contribution is -2.35. The lowest BCUT2D eigenvalue weighted by Gasteiger charge is -2.13. The van der Waals surface area contributed by atoms with Crippen LogP contribution in [0.2, 0.25) is 0 Å². The van der Waals surface area contributed by atoms with Crippen LogP contribution in [0.4, 0.5) is 5.69 Å². The van der Waals surface area contributed by atoms with E-state index >= 15 is 0 Å². The summed E-state index contributed by atoms with van der Waals surface area (Å²) in [5.41, 5.74) is 1.92. The third-order valence-corrected chi connectivity index (χ3v) is 4.53. The molecule has 0 fully saturated rings. The Balaban J connectivity index is 2.29. The molecule has 0 heterocycles. The van der Waals surface area contributed by atoms with E-state index < -0.39 is 10.2 Å². The molecule has 0 spiro atoms. The van der Waals surface area contributed by atoms with E-state index in [1.165, 1.54) is 0 Å². The zero-order valence-electron chi connectivity index (χ0n) is 14.2. The summed E-state index contributed by atoms with van der Waals surface area (Å²) in [6, 6.07) is 13.4. The first-order valence-electron chi connectivity index (χ1n) is 7.61. The second kappa shape index (κ2) is 8.00. The van der Waals surface area contributed by atoms with Crippen molar-refractivity contribution < 1.29 is 18.4 Å². The standard InChI is InChI=1S/C17H21N3O4S/c1-12(2)19-25(22,23)20-15-6-4-5-14(11-15)17(18-21)13-7-9-16(24-3)10-8-13/h4-12,19-21H,1-3H3. The van der Waals surface area contributed by atoms with Crippen molar-refractivity contribution in [1.82, 2.24) is 4.72 Å². The van der Waals surface area contributed by atoms with Crippen LogP contribution in [0.25, 0.3) is 0 Å². The van der Waals surface area contributed by atoms with E-state index in [1.54, 1.807) is 69.5 Å². The van der Waals surface area contributed by atoms with Gasteiger partial charge in [-0.15, -0.1) is 0 Å². The molecule has 0 aliphatic heterocycles. The normalized spacial score (nSPS) is 12.2. The van der Waals surface area contributed by atoms with Crippen molar-refractivity contribution in [2.75, 3.05) is 11.8 Å². The largest absolute Gasteiger partial charge is 0.497 e. The second-order valence-corrected chi connectivity index (χ2v) is 7.08. The molecule has 7 nitrogen and oxygen atoms in total. The third-order valence-electron chi connectivity index (χ3n) is 3.24. The molecule has 0 aliphatic carbocycles. The molecule has 0 unspecified atom stereocenters. The summed E-state index contributed by atoms with van der Waals surface area (Å²) in [5.74, 6) is 0.683. The van der Waals surface area contributed by atoms with Gasteiger partial charge in [0.1, 0.15) is 11.5 Å². The molecule has 8 heteroatoms. The van der Waals surface area contributed by atoms with Gasteiger partial charge < -0.3 is 9.94 Å². The van der Waals surface area contributed by atoms with Crippen molar-refractivity contribution in [2.24, 2.45) is 5.16 Å². The Morgan fingerprint density at radius 2 is 1.80 bits per heavy atom. The Bertz CT molecular complexity index is 846. The number of hydrogen-bond acceptors (Lipinski definition) is 5. The maximum absolute atomic E-state index is 12.0. The van der Waals surface area contributed by atoms with E-state index in [-0.39, 0.29) is 6.04 Å². The van der Waals surface area contributed by atoms with Crippen molar-refractivity contribution in [2.45, 2.75) is 19.9 Å². The molecule has 25 heavy (non-hydrogen) atoms. The third kappa shape index (κ3) is 5.20. The highest BCUT2D eigenvalue weighted by molar-refractivity contribution is 7.90. The molecule has 2 aromatic rings. The van der Waals surface area contributed by atoms with Gasteiger partial charge in [-0.05, 0) is 50.2 Å². The van der Waals surface area contributed by atoms with Gasteiger partial charge in [0.25, 0.3) is 10.2 Å². The van der Waals surface area contributed by atoms with E-state index in [9.17, 15) is 13.6 Å². The van der Waals surface area contributed by atoms with Crippen molar-refractivity contribution in [3.8, 4) is 5.75 Å². The number of hydrogen-bond donors (Lipinski definition) is 3. The smallest absolute Gasteiger partial charge is 0.299 e. The minimum absolute atomic E-state index is 0.227. The van der Waals surface area contributed by atoms with E-state index in [2.05, 4.69) is 14.6 Å². The fourth-order valence-corrected chi connectivity index (χ4v) is 3.37. The number of oxime groups is 1. The van der Waals surface area contributed by atoms with Crippen LogP contribution < -0.4 is 14.2 Å². The van der Waals surface area contributed by atoms with Gasteiger partial charge in [0.15, 0.2) is 0 Å². The van der Waals surface area contributed by atoms with Crippen LogP contribution >= 0.6 is 0 Å². The molecule has 2 aromatic carbocycles. The monoisotopic (exact) mass is 363 g/mol. The fourth-order valence-electron chi connectivity index (χ4n) is 2.26. The first-order valence-corrected chi connectivity index (χ1v) is 9.10. The van der Waals surface area contributed by atoms with E-state index in [4.69, 9.17) is 4.74 Å². The maximum Gasteiger partial charge on any atom is 0.299 e. The van der Waals surface area contributed by atoms with Gasteiger partial charge in [-0.1, -0.05) is 17.3 Å². The molecule has 0 amide bonds. The number of ether oxygens (including phenoxy) is 1. The molecule has 0 saturated carbocycles. The Labute approximate surface area is 147 Å². The number of anilines is 1. The van der Waals surface area contributed by atoms with Gasteiger partial charge in [-0.3, -0.25) is 4.72 Å². The highest BCUT2D eigenvalue weighted by atomic mass is 32.2. The Morgan fingerprint density at radius 1 is 1.12 bits per heavy atom. The number of nitrogens with zero attached hydrogens (tertiary/aromatic N) is 1. The van der Waals surface area contributed by atoms with Gasteiger partial charge in [-0.25, -0.2) is 0 Å². The number of benzene rings is 2. The van der Waals surface area contributed by atoms with Gasteiger partial charge in [0.05, 0.1) is 12.8 Å². The number of nitrogens with one attached hydrogen (secondary N) is 2. The lowest BCUT2D eigenvalue weighted by atomic mass is 10.0. The summed E-state index contributed by atoms with van der Waals surface area (Å²) >= 11 is 0. The molecule has 0 aromatic heterocycles. The summed E-state index contributed by atoms with van der Waals surface area (Å²) in [6.45, 7) is 3.46. The summed E-state index contributed by atoms with van der Waals surface area (Å²) in [5, 5.41) is 12.8. The zero-order valence-corrected chi connectivity index (χ0v) is 15.0. The molecule has 2 rings (SSSR count). The summed E-state index contributed by atoms with van der Waals surface area (Å²) in [4.78, 5) is 0. The van der Waals surface area contributed by atoms with Crippen molar-refractivity contribution in [3.63, 3.8) is 0 Å². The molecular formula is C17H21N3O4S. The average molecular weight is 363 g/mol. The molecule has 0 saturated heterocycles. The maximum atomic E-state index is 12.0. The summed E-state index contributed by atoms with van der Waals surface area (Å²) < 4.78 is 34.0. The molecular weight excluding hydrogens is 342 g/mol. The minimum Gasteiger partial charge on any atom is -0.497 e. The fraction of sp³-hybridized carbons (Fsp3) is 0.235. The van der Waals surface area contributed by atoms with Gasteiger partial charge in [0.2, 0.25) is 0 Å². The predicted octanol–water partition coefficient (Wildman–Crippen LogP) is 2.58. The topological polar surface area (TPSA) is 100 Å². The first kappa shape index (κ1) is 18.8. The molecule has 0 radical (unpaired) electrons. The molecule has 3 N–H and O–H groups in total. The van der Waals surface area contributed by atoms with Crippen LogP contribution in [-0.2, 0) is 10.2 Å². The minimum atomic E-state index is -3.68. The van der Waals surface area contributed by atoms with Crippen LogP contribution in [0.5, 0.6) is 5.75 Å². The summed E-state index contributed by atoms with van der Waals surface area (Å²) in [6.07, 6.45) is 0. The van der Waals surface area contributed by atoms with Crippen molar-refractivity contribution >= 4 is 21.6 Å². The van der Waals surface area contributed by atoms with Crippen LogP contribution in [0.15, 0.2) is 53.7 Å². The molecule has 0 atom stereocenters. The van der Waals surface area contributed by atoms with Crippen LogP contribution in [-0.4, -0.2) is 32.5 Å². The van der Waals surface area contributed by atoms with E-state index in [0.717, 1.165) is 0 Å². The quantitative estimate of drug-likeness (QED) is 0.400. The first-order chi connectivity index (χ1) is 11.8. The molecule has 0 aliphatic rings. The van der Waals surface area contributed by atoms with Gasteiger partial charge in [0, 0.05) is 17.2 Å². The van der Waals surface area contributed by atoms with E-state index in [1.807, 2.05) is 0 Å². The van der Waals surface area contributed by atoms with Gasteiger partial charge >= 0.3 is 0 Å². The summed E-state index contributed by atoms with van der Waals surface area (Å²) in [7, 11) is -2.11. The van der Waals surface area contributed by atoms with Gasteiger partial charge in [-0.2, -0.15) is 13.1 Å². The highest BCUT2D eigenvalue weighted by Crippen LogP contribution is 2.19. The number of rotatable bonds is 7. The highest BCUT2D eigenvalue weighted by Gasteiger charge is 2.13. The van der Waals surface area contributed by atoms with E-state index in [0.29, 0.717) is 28.3 Å². The zero-order chi connectivity index (χ0) is 18.4. The average Bonchev–Trinajstić information content (AvgIpc) is 2.55. The van der Waals surface area contributed by atoms with Crippen molar-refractivity contribution in [3.05, 3.63) is 59.7 Å². The van der Waals surface area contributed by atoms with Crippen LogP contribution in [0.1, 0.15) is 25.0 Å². The molecule has 134 valence electrons. The second-order valence-electron chi connectivity index (χ2n) is 5.64. The molecule has 0 bridgehead atoms. The van der Waals surface area contributed by atoms with Crippen LogP contribution in [0.3, 0.4) is 0 Å².